The molecule has 1 atom stereocenters. The number of aliphatic carboxylic acids is 1. The van der Waals surface area contributed by atoms with Gasteiger partial charge in [0.2, 0.25) is 0 Å². The Morgan fingerprint density at radius 2 is 2.00 bits per heavy atom. The molecule has 2 N–H and O–H groups in total. The Balaban J connectivity index is 2.32. The van der Waals surface area contributed by atoms with Crippen LogP contribution in [-0.2, 0) is 4.79 Å². The van der Waals surface area contributed by atoms with E-state index < -0.39 is 5.97 Å². The maximum absolute atomic E-state index is 12.2. The predicted molar refractivity (Wildman–Crippen MR) is 78.7 cm³/mol. The first-order valence-electron chi connectivity index (χ1n) is 7.57. The summed E-state index contributed by atoms with van der Waals surface area (Å²) in [5.74, 6) is -0.779. The molecular weight excluding hydrogens is 256 g/mol. The van der Waals surface area contributed by atoms with Crippen molar-refractivity contribution in [1.82, 2.24) is 10.2 Å². The van der Waals surface area contributed by atoms with E-state index in [1.165, 1.54) is 0 Å². The Kier molecular flexibility index (Phi) is 6.30. The number of rotatable bonds is 5. The maximum atomic E-state index is 12.2. The summed E-state index contributed by atoms with van der Waals surface area (Å²) in [5, 5.41) is 11.6. The minimum atomic E-state index is -0.779. The van der Waals surface area contributed by atoms with Crippen molar-refractivity contribution >= 4 is 12.0 Å². The van der Waals surface area contributed by atoms with E-state index >= 15 is 0 Å². The molecule has 1 aliphatic rings. The Hall–Kier alpha value is -1.26. The SMILES string of the molecule is CC(CCCC(=O)O)NC(=O)N1CCCC(C)(C)CC1. The summed E-state index contributed by atoms with van der Waals surface area (Å²) in [6.07, 6.45) is 4.71. The number of hydrogen-bond donors (Lipinski definition) is 2. The molecule has 5 nitrogen and oxygen atoms in total. The highest BCUT2D eigenvalue weighted by Gasteiger charge is 2.25. The summed E-state index contributed by atoms with van der Waals surface area (Å²) in [6, 6.07) is 0.0173. The summed E-state index contributed by atoms with van der Waals surface area (Å²) in [4.78, 5) is 24.5. The molecule has 2 amide bonds. The van der Waals surface area contributed by atoms with Crippen molar-refractivity contribution in [3.63, 3.8) is 0 Å². The van der Waals surface area contributed by atoms with E-state index in [0.29, 0.717) is 18.3 Å². The average Bonchev–Trinajstić information content (AvgIpc) is 2.49. The quantitative estimate of drug-likeness (QED) is 0.815. The van der Waals surface area contributed by atoms with E-state index in [-0.39, 0.29) is 18.5 Å². The van der Waals surface area contributed by atoms with Gasteiger partial charge in [-0.05, 0) is 44.4 Å². The molecule has 1 unspecified atom stereocenters. The molecular formula is C15H28N2O3. The standard InChI is InChI=1S/C15H28N2O3/c1-12(6-4-7-13(18)19)16-14(20)17-10-5-8-15(2,3)9-11-17/h12H,4-11H2,1-3H3,(H,16,20)(H,18,19). The van der Waals surface area contributed by atoms with Gasteiger partial charge >= 0.3 is 12.0 Å². The molecule has 1 fully saturated rings. The molecule has 0 saturated carbocycles. The summed E-state index contributed by atoms with van der Waals surface area (Å²) < 4.78 is 0. The highest BCUT2D eigenvalue weighted by Crippen LogP contribution is 2.29. The third kappa shape index (κ3) is 6.26. The smallest absolute Gasteiger partial charge is 0.317 e. The van der Waals surface area contributed by atoms with Crippen LogP contribution in [0.25, 0.3) is 0 Å². The van der Waals surface area contributed by atoms with E-state index in [9.17, 15) is 9.59 Å². The summed E-state index contributed by atoms with van der Waals surface area (Å²) in [7, 11) is 0. The van der Waals surface area contributed by atoms with Gasteiger partial charge in [0, 0.05) is 25.6 Å². The molecule has 5 heteroatoms. The number of amides is 2. The fraction of sp³-hybridized carbons (Fsp3) is 0.867. The highest BCUT2D eigenvalue weighted by molar-refractivity contribution is 5.74. The van der Waals surface area contributed by atoms with Gasteiger partial charge in [-0.1, -0.05) is 13.8 Å². The Bertz CT molecular complexity index is 342. The second-order valence-electron chi connectivity index (χ2n) is 6.64. The first kappa shape index (κ1) is 16.8. The zero-order chi connectivity index (χ0) is 15.2. The van der Waals surface area contributed by atoms with Crippen molar-refractivity contribution < 1.29 is 14.7 Å². The maximum Gasteiger partial charge on any atom is 0.317 e. The summed E-state index contributed by atoms with van der Waals surface area (Å²) in [5.41, 5.74) is 0.322. The number of likely N-dealkylation sites (tertiary alicyclic amines) is 1. The van der Waals surface area contributed by atoms with E-state index in [2.05, 4.69) is 19.2 Å². The van der Waals surface area contributed by atoms with Gasteiger partial charge in [0.15, 0.2) is 0 Å². The van der Waals surface area contributed by atoms with Crippen LogP contribution in [0.15, 0.2) is 0 Å². The fourth-order valence-electron chi connectivity index (χ4n) is 2.56. The van der Waals surface area contributed by atoms with Crippen molar-refractivity contribution in [2.75, 3.05) is 13.1 Å². The Labute approximate surface area is 121 Å². The minimum Gasteiger partial charge on any atom is -0.481 e. The molecule has 1 aliphatic heterocycles. The molecule has 0 aliphatic carbocycles. The molecule has 1 saturated heterocycles. The first-order chi connectivity index (χ1) is 9.30. The lowest BCUT2D eigenvalue weighted by Gasteiger charge is -2.25. The van der Waals surface area contributed by atoms with Crippen LogP contribution in [0.1, 0.15) is 59.3 Å². The Morgan fingerprint density at radius 1 is 1.30 bits per heavy atom. The fourth-order valence-corrected chi connectivity index (χ4v) is 2.56. The largest absolute Gasteiger partial charge is 0.481 e. The van der Waals surface area contributed by atoms with Gasteiger partial charge in [0.05, 0.1) is 0 Å². The monoisotopic (exact) mass is 284 g/mol. The number of nitrogens with one attached hydrogen (secondary N) is 1. The van der Waals surface area contributed by atoms with Gasteiger partial charge in [0.25, 0.3) is 0 Å². The molecule has 0 aromatic rings. The number of nitrogens with zero attached hydrogens (tertiary/aromatic N) is 1. The third-order valence-corrected chi connectivity index (χ3v) is 4.02. The topological polar surface area (TPSA) is 69.6 Å². The zero-order valence-electron chi connectivity index (χ0n) is 12.9. The van der Waals surface area contributed by atoms with Gasteiger partial charge in [0.1, 0.15) is 0 Å². The molecule has 0 radical (unpaired) electrons. The summed E-state index contributed by atoms with van der Waals surface area (Å²) >= 11 is 0. The molecule has 0 spiro atoms. The number of urea groups is 1. The van der Waals surface area contributed by atoms with Crippen LogP contribution in [0.5, 0.6) is 0 Å². The second kappa shape index (κ2) is 7.50. The highest BCUT2D eigenvalue weighted by atomic mass is 16.4. The van der Waals surface area contributed by atoms with Crippen molar-refractivity contribution in [3.8, 4) is 0 Å². The number of carbonyl (C=O) groups is 2. The number of carboxylic acids is 1. The second-order valence-corrected chi connectivity index (χ2v) is 6.64. The van der Waals surface area contributed by atoms with Crippen LogP contribution in [0.4, 0.5) is 4.79 Å². The third-order valence-electron chi connectivity index (χ3n) is 4.02. The molecule has 116 valence electrons. The molecule has 0 aromatic carbocycles. The lowest BCUT2D eigenvalue weighted by Crippen LogP contribution is -2.44. The van der Waals surface area contributed by atoms with Crippen molar-refractivity contribution in [1.29, 1.82) is 0 Å². The van der Waals surface area contributed by atoms with E-state index in [4.69, 9.17) is 5.11 Å². The van der Waals surface area contributed by atoms with Crippen LogP contribution < -0.4 is 5.32 Å². The van der Waals surface area contributed by atoms with Crippen LogP contribution in [0.2, 0.25) is 0 Å². The van der Waals surface area contributed by atoms with Crippen LogP contribution in [0, 0.1) is 5.41 Å². The van der Waals surface area contributed by atoms with Gasteiger partial charge in [-0.15, -0.1) is 0 Å². The normalized spacial score (nSPS) is 20.1. The van der Waals surface area contributed by atoms with Crippen molar-refractivity contribution in [3.05, 3.63) is 0 Å². The van der Waals surface area contributed by atoms with Crippen LogP contribution in [0.3, 0.4) is 0 Å². The van der Waals surface area contributed by atoms with Gasteiger partial charge in [-0.3, -0.25) is 4.79 Å². The van der Waals surface area contributed by atoms with E-state index in [0.717, 1.165) is 32.4 Å². The van der Waals surface area contributed by atoms with E-state index in [1.54, 1.807) is 0 Å². The Morgan fingerprint density at radius 3 is 2.65 bits per heavy atom. The van der Waals surface area contributed by atoms with Crippen LogP contribution >= 0.6 is 0 Å². The van der Waals surface area contributed by atoms with Crippen molar-refractivity contribution in [2.24, 2.45) is 5.41 Å². The van der Waals surface area contributed by atoms with Gasteiger partial charge < -0.3 is 15.3 Å². The van der Waals surface area contributed by atoms with Crippen LogP contribution in [-0.4, -0.2) is 41.1 Å². The summed E-state index contributed by atoms with van der Waals surface area (Å²) in [6.45, 7) is 8.06. The number of carbonyl (C=O) groups excluding carboxylic acids is 1. The first-order valence-corrected chi connectivity index (χ1v) is 7.57. The predicted octanol–water partition coefficient (Wildman–Crippen LogP) is 2.85. The molecule has 0 aromatic heterocycles. The number of hydrogen-bond acceptors (Lipinski definition) is 2. The lowest BCUT2D eigenvalue weighted by atomic mass is 9.85. The van der Waals surface area contributed by atoms with Gasteiger partial charge in [-0.25, -0.2) is 4.79 Å². The number of carboxylic acid groups (broad SMARTS) is 1. The minimum absolute atomic E-state index is 0.00877. The zero-order valence-corrected chi connectivity index (χ0v) is 12.9. The molecule has 20 heavy (non-hydrogen) atoms. The van der Waals surface area contributed by atoms with Crippen molar-refractivity contribution in [2.45, 2.75) is 65.3 Å². The van der Waals surface area contributed by atoms with E-state index in [1.807, 2.05) is 11.8 Å². The average molecular weight is 284 g/mol. The van der Waals surface area contributed by atoms with Gasteiger partial charge in [-0.2, -0.15) is 0 Å². The molecule has 1 heterocycles. The lowest BCUT2D eigenvalue weighted by molar-refractivity contribution is -0.137. The molecule has 0 bridgehead atoms. The molecule has 1 rings (SSSR count).